The lowest BCUT2D eigenvalue weighted by Crippen LogP contribution is -2.31. The molecule has 0 radical (unpaired) electrons. The Labute approximate surface area is 85.6 Å². The fraction of sp³-hybridized carbons (Fsp3) is 0.875. The van der Waals surface area contributed by atoms with Crippen LogP contribution in [0.25, 0.3) is 0 Å². The van der Waals surface area contributed by atoms with Crippen molar-refractivity contribution in [1.29, 1.82) is 5.41 Å². The third kappa shape index (κ3) is 5.93. The first-order chi connectivity index (χ1) is 6.36. The number of nitrogens with two attached hydrogens (primary N) is 1. The second kappa shape index (κ2) is 5.98. The SMILES string of the molecule is CC(C)S(=O)(=O)NCCCCC(=N)N. The molecule has 14 heavy (non-hydrogen) atoms. The highest BCUT2D eigenvalue weighted by Crippen LogP contribution is 1.98. The highest BCUT2D eigenvalue weighted by atomic mass is 32.2. The number of hydrogen-bond donors (Lipinski definition) is 3. The third-order valence-corrected chi connectivity index (χ3v) is 3.64. The molecule has 0 aliphatic carbocycles. The van der Waals surface area contributed by atoms with Gasteiger partial charge in [0.2, 0.25) is 10.0 Å². The van der Waals surface area contributed by atoms with E-state index in [0.29, 0.717) is 19.4 Å². The number of sulfonamides is 1. The smallest absolute Gasteiger partial charge is 0.213 e. The molecule has 0 aliphatic heterocycles. The van der Waals surface area contributed by atoms with Crippen molar-refractivity contribution in [2.45, 2.75) is 38.4 Å². The minimum absolute atomic E-state index is 0.150. The van der Waals surface area contributed by atoms with Gasteiger partial charge in [-0.25, -0.2) is 13.1 Å². The molecule has 0 atom stereocenters. The van der Waals surface area contributed by atoms with E-state index in [9.17, 15) is 8.42 Å². The summed E-state index contributed by atoms with van der Waals surface area (Å²) in [4.78, 5) is 0. The zero-order valence-electron chi connectivity index (χ0n) is 8.71. The van der Waals surface area contributed by atoms with Crippen LogP contribution in [0.2, 0.25) is 0 Å². The van der Waals surface area contributed by atoms with Crippen LogP contribution in [0.5, 0.6) is 0 Å². The summed E-state index contributed by atoms with van der Waals surface area (Å²) in [5.41, 5.74) is 5.15. The molecule has 4 N–H and O–H groups in total. The summed E-state index contributed by atoms with van der Waals surface area (Å²) >= 11 is 0. The van der Waals surface area contributed by atoms with E-state index < -0.39 is 15.3 Å². The van der Waals surface area contributed by atoms with Crippen LogP contribution in [-0.2, 0) is 10.0 Å². The van der Waals surface area contributed by atoms with E-state index in [1.54, 1.807) is 13.8 Å². The van der Waals surface area contributed by atoms with Gasteiger partial charge in [0.05, 0.1) is 11.1 Å². The van der Waals surface area contributed by atoms with Gasteiger partial charge in [-0.05, 0) is 26.7 Å². The molecule has 0 unspecified atom stereocenters. The Bertz CT molecular complexity index is 272. The second-order valence-electron chi connectivity index (χ2n) is 3.47. The van der Waals surface area contributed by atoms with Gasteiger partial charge in [0.15, 0.2) is 0 Å². The summed E-state index contributed by atoms with van der Waals surface area (Å²) < 4.78 is 25.0. The first-order valence-corrected chi connectivity index (χ1v) is 6.22. The Morgan fingerprint density at radius 2 is 2.00 bits per heavy atom. The molecule has 0 fully saturated rings. The van der Waals surface area contributed by atoms with E-state index in [1.807, 2.05) is 0 Å². The molecule has 0 rings (SSSR count). The van der Waals surface area contributed by atoms with Gasteiger partial charge in [-0.1, -0.05) is 0 Å². The fourth-order valence-electron chi connectivity index (χ4n) is 0.822. The summed E-state index contributed by atoms with van der Waals surface area (Å²) in [6.07, 6.45) is 1.99. The van der Waals surface area contributed by atoms with E-state index in [4.69, 9.17) is 11.1 Å². The van der Waals surface area contributed by atoms with E-state index in [1.165, 1.54) is 0 Å². The number of nitrogens with one attached hydrogen (secondary N) is 2. The first kappa shape index (κ1) is 13.4. The Morgan fingerprint density at radius 3 is 2.43 bits per heavy atom. The lowest BCUT2D eigenvalue weighted by Gasteiger charge is -2.08. The molecule has 0 aromatic heterocycles. The summed E-state index contributed by atoms with van der Waals surface area (Å²) in [6, 6.07) is 0. The molecule has 0 spiro atoms. The van der Waals surface area contributed by atoms with Crippen LogP contribution in [-0.4, -0.2) is 26.0 Å². The summed E-state index contributed by atoms with van der Waals surface area (Å²) in [5, 5.41) is 6.57. The second-order valence-corrected chi connectivity index (χ2v) is 5.79. The van der Waals surface area contributed by atoms with Crippen molar-refractivity contribution in [3.05, 3.63) is 0 Å². The summed E-state index contributed by atoms with van der Waals surface area (Å²) in [6.45, 7) is 3.70. The van der Waals surface area contributed by atoms with Crippen molar-refractivity contribution in [1.82, 2.24) is 4.72 Å². The Hall–Kier alpha value is -0.620. The molecule has 84 valence electrons. The number of unbranched alkanes of at least 4 members (excludes halogenated alkanes) is 1. The standard InChI is InChI=1S/C8H19N3O2S/c1-7(2)14(12,13)11-6-4-3-5-8(9)10/h7,11H,3-6H2,1-2H3,(H3,9,10). The van der Waals surface area contributed by atoms with Gasteiger partial charge in [-0.3, -0.25) is 5.41 Å². The van der Waals surface area contributed by atoms with Crippen molar-refractivity contribution in [3.63, 3.8) is 0 Å². The molecule has 0 saturated heterocycles. The third-order valence-electron chi connectivity index (χ3n) is 1.80. The predicted molar refractivity (Wildman–Crippen MR) is 57.8 cm³/mol. The van der Waals surface area contributed by atoms with Crippen LogP contribution < -0.4 is 10.5 Å². The van der Waals surface area contributed by atoms with Crippen LogP contribution >= 0.6 is 0 Å². The maximum Gasteiger partial charge on any atom is 0.213 e. The molecular weight excluding hydrogens is 202 g/mol. The lowest BCUT2D eigenvalue weighted by molar-refractivity contribution is 0.568. The summed E-state index contributed by atoms with van der Waals surface area (Å²) in [5.74, 6) is 0.150. The van der Waals surface area contributed by atoms with Gasteiger partial charge in [0, 0.05) is 13.0 Å². The van der Waals surface area contributed by atoms with Crippen LogP contribution in [0.4, 0.5) is 0 Å². The number of amidine groups is 1. The quantitative estimate of drug-likeness (QED) is 0.330. The van der Waals surface area contributed by atoms with E-state index in [0.717, 1.165) is 6.42 Å². The highest BCUT2D eigenvalue weighted by molar-refractivity contribution is 7.90. The van der Waals surface area contributed by atoms with Gasteiger partial charge < -0.3 is 5.73 Å². The Kier molecular flexibility index (Phi) is 5.71. The van der Waals surface area contributed by atoms with Crippen molar-refractivity contribution in [3.8, 4) is 0 Å². The van der Waals surface area contributed by atoms with Crippen LogP contribution in [0.15, 0.2) is 0 Å². The summed E-state index contributed by atoms with van der Waals surface area (Å²) in [7, 11) is -3.13. The highest BCUT2D eigenvalue weighted by Gasteiger charge is 2.13. The van der Waals surface area contributed by atoms with Gasteiger partial charge >= 0.3 is 0 Å². The Morgan fingerprint density at radius 1 is 1.43 bits per heavy atom. The topological polar surface area (TPSA) is 96.0 Å². The molecule has 0 aromatic carbocycles. The van der Waals surface area contributed by atoms with Crippen LogP contribution in [0.1, 0.15) is 33.1 Å². The molecule has 0 bridgehead atoms. The van der Waals surface area contributed by atoms with Crippen molar-refractivity contribution in [2.24, 2.45) is 5.73 Å². The normalized spacial score (nSPS) is 11.9. The van der Waals surface area contributed by atoms with Gasteiger partial charge in [0.1, 0.15) is 0 Å². The minimum atomic E-state index is -3.13. The van der Waals surface area contributed by atoms with E-state index in [2.05, 4.69) is 4.72 Å². The maximum atomic E-state index is 11.2. The van der Waals surface area contributed by atoms with Gasteiger partial charge in [-0.15, -0.1) is 0 Å². The molecule has 6 heteroatoms. The van der Waals surface area contributed by atoms with Crippen LogP contribution in [0, 0.1) is 5.41 Å². The predicted octanol–water partition coefficient (Wildman–Crippen LogP) is 0.420. The zero-order valence-corrected chi connectivity index (χ0v) is 9.52. The molecule has 0 amide bonds. The molecule has 5 nitrogen and oxygen atoms in total. The monoisotopic (exact) mass is 221 g/mol. The maximum absolute atomic E-state index is 11.2. The molecule has 0 saturated carbocycles. The average Bonchev–Trinajstić information content (AvgIpc) is 2.02. The lowest BCUT2D eigenvalue weighted by atomic mass is 10.2. The molecule has 0 aromatic rings. The molecular formula is C8H19N3O2S. The van der Waals surface area contributed by atoms with Gasteiger partial charge in [0.25, 0.3) is 0 Å². The van der Waals surface area contributed by atoms with Crippen molar-refractivity contribution < 1.29 is 8.42 Å². The van der Waals surface area contributed by atoms with E-state index >= 15 is 0 Å². The molecule has 0 heterocycles. The average molecular weight is 221 g/mol. The number of hydrogen-bond acceptors (Lipinski definition) is 3. The largest absolute Gasteiger partial charge is 0.388 e. The number of rotatable bonds is 7. The van der Waals surface area contributed by atoms with Crippen molar-refractivity contribution in [2.75, 3.05) is 6.54 Å². The van der Waals surface area contributed by atoms with Crippen molar-refractivity contribution >= 4 is 15.9 Å². The zero-order chi connectivity index (χ0) is 11.2. The van der Waals surface area contributed by atoms with Gasteiger partial charge in [-0.2, -0.15) is 0 Å². The Balaban J connectivity index is 3.60. The first-order valence-electron chi connectivity index (χ1n) is 4.67. The molecule has 0 aliphatic rings. The fourth-order valence-corrected chi connectivity index (χ4v) is 1.58. The van der Waals surface area contributed by atoms with Crippen LogP contribution in [0.3, 0.4) is 0 Å². The van der Waals surface area contributed by atoms with E-state index in [-0.39, 0.29) is 5.84 Å². The minimum Gasteiger partial charge on any atom is -0.388 e.